The van der Waals surface area contributed by atoms with Crippen LogP contribution in [0.1, 0.15) is 23.7 Å². The predicted molar refractivity (Wildman–Crippen MR) is 75.1 cm³/mol. The number of hydrogen-bond acceptors (Lipinski definition) is 3. The van der Waals surface area contributed by atoms with E-state index in [2.05, 4.69) is 5.32 Å². The molecule has 1 saturated heterocycles. The van der Waals surface area contributed by atoms with Crippen molar-refractivity contribution in [2.75, 3.05) is 19.6 Å². The van der Waals surface area contributed by atoms with E-state index >= 15 is 0 Å². The Morgan fingerprint density at radius 3 is 2.73 bits per heavy atom. The number of nitrogens with zero attached hydrogens (tertiary/aromatic N) is 1. The summed E-state index contributed by atoms with van der Waals surface area (Å²) in [6.07, 6.45) is 0.129. The van der Waals surface area contributed by atoms with Gasteiger partial charge in [-0.2, -0.15) is 0 Å². The van der Waals surface area contributed by atoms with Gasteiger partial charge in [0.2, 0.25) is 5.91 Å². The molecule has 2 amide bonds. The minimum Gasteiger partial charge on any atom is -0.391 e. The fraction of sp³-hybridized carbons (Fsp3) is 0.467. The average Bonchev–Trinajstić information content (AvgIpc) is 2.50. The molecule has 0 aromatic heterocycles. The van der Waals surface area contributed by atoms with Crippen molar-refractivity contribution < 1.29 is 23.5 Å². The van der Waals surface area contributed by atoms with Crippen LogP contribution in [0.4, 0.5) is 8.78 Å². The van der Waals surface area contributed by atoms with Crippen molar-refractivity contribution in [2.24, 2.45) is 5.92 Å². The standard InChI is InChI=1S/C15H18F2N2O3/c1-9-4-5-19(8-13(9)20)14(21)7-18-15(22)10-2-3-11(16)12(17)6-10/h2-3,6,9,13,20H,4-5,7-8H2,1H3,(H,18,22). The molecule has 1 aromatic carbocycles. The maximum atomic E-state index is 13.1. The van der Waals surface area contributed by atoms with Crippen LogP contribution in [0.15, 0.2) is 18.2 Å². The summed E-state index contributed by atoms with van der Waals surface area (Å²) in [5.41, 5.74) is -0.0565. The molecule has 1 heterocycles. The van der Waals surface area contributed by atoms with Crippen LogP contribution >= 0.6 is 0 Å². The first-order chi connectivity index (χ1) is 10.4. The third kappa shape index (κ3) is 3.79. The van der Waals surface area contributed by atoms with Crippen molar-refractivity contribution in [2.45, 2.75) is 19.4 Å². The second kappa shape index (κ2) is 6.83. The molecule has 1 aliphatic heterocycles. The molecule has 2 N–H and O–H groups in total. The molecule has 120 valence electrons. The van der Waals surface area contributed by atoms with Crippen LogP contribution in [0.2, 0.25) is 0 Å². The first-order valence-electron chi connectivity index (χ1n) is 7.07. The van der Waals surface area contributed by atoms with Gasteiger partial charge in [-0.1, -0.05) is 6.92 Å². The van der Waals surface area contributed by atoms with Crippen LogP contribution in [0.5, 0.6) is 0 Å². The molecular weight excluding hydrogens is 294 g/mol. The van der Waals surface area contributed by atoms with Gasteiger partial charge in [-0.15, -0.1) is 0 Å². The highest BCUT2D eigenvalue weighted by molar-refractivity contribution is 5.96. The van der Waals surface area contributed by atoms with Crippen LogP contribution in [0.25, 0.3) is 0 Å². The zero-order valence-corrected chi connectivity index (χ0v) is 12.2. The lowest BCUT2D eigenvalue weighted by Gasteiger charge is -2.34. The Morgan fingerprint density at radius 2 is 2.09 bits per heavy atom. The Kier molecular flexibility index (Phi) is 5.07. The molecule has 1 aliphatic rings. The number of carbonyl (C=O) groups excluding carboxylic acids is 2. The summed E-state index contributed by atoms with van der Waals surface area (Å²) in [4.78, 5) is 25.2. The summed E-state index contributed by atoms with van der Waals surface area (Å²) in [6, 6.07) is 2.78. The molecule has 0 aliphatic carbocycles. The molecule has 22 heavy (non-hydrogen) atoms. The molecular formula is C15H18F2N2O3. The number of likely N-dealkylation sites (tertiary alicyclic amines) is 1. The highest BCUT2D eigenvalue weighted by Gasteiger charge is 2.27. The van der Waals surface area contributed by atoms with Crippen LogP contribution < -0.4 is 5.32 Å². The fourth-order valence-electron chi connectivity index (χ4n) is 2.28. The van der Waals surface area contributed by atoms with Gasteiger partial charge in [-0.3, -0.25) is 9.59 Å². The van der Waals surface area contributed by atoms with Gasteiger partial charge in [-0.05, 0) is 30.5 Å². The number of aliphatic hydroxyl groups is 1. The minimum atomic E-state index is -1.12. The topological polar surface area (TPSA) is 69.6 Å². The number of nitrogens with one attached hydrogen (secondary N) is 1. The Hall–Kier alpha value is -2.02. The maximum absolute atomic E-state index is 13.1. The number of hydrogen-bond donors (Lipinski definition) is 2. The number of rotatable bonds is 3. The van der Waals surface area contributed by atoms with Crippen molar-refractivity contribution in [1.29, 1.82) is 0 Å². The van der Waals surface area contributed by atoms with Crippen molar-refractivity contribution >= 4 is 11.8 Å². The van der Waals surface area contributed by atoms with E-state index in [0.717, 1.165) is 18.2 Å². The van der Waals surface area contributed by atoms with E-state index in [9.17, 15) is 23.5 Å². The number of β-amino-alcohol motifs (C(OH)–C–C–N with tert-alkyl or cyclic N) is 1. The lowest BCUT2D eigenvalue weighted by Crippen LogP contribution is -2.49. The lowest BCUT2D eigenvalue weighted by atomic mass is 9.96. The number of halogens is 2. The smallest absolute Gasteiger partial charge is 0.251 e. The van der Waals surface area contributed by atoms with Crippen molar-refractivity contribution in [3.8, 4) is 0 Å². The lowest BCUT2D eigenvalue weighted by molar-refractivity contribution is -0.134. The van der Waals surface area contributed by atoms with E-state index in [1.165, 1.54) is 4.90 Å². The first kappa shape index (κ1) is 16.4. The van der Waals surface area contributed by atoms with Crippen LogP contribution in [0, 0.1) is 17.6 Å². The Bertz CT molecular complexity index is 580. The van der Waals surface area contributed by atoms with Crippen LogP contribution in [-0.2, 0) is 4.79 Å². The number of benzene rings is 1. The Morgan fingerprint density at radius 1 is 1.36 bits per heavy atom. The van der Waals surface area contributed by atoms with Crippen LogP contribution in [0.3, 0.4) is 0 Å². The monoisotopic (exact) mass is 312 g/mol. The third-order valence-electron chi connectivity index (χ3n) is 3.85. The molecule has 0 bridgehead atoms. The predicted octanol–water partition coefficient (Wildman–Crippen LogP) is 0.924. The number of piperidine rings is 1. The molecule has 2 atom stereocenters. The first-order valence-corrected chi connectivity index (χ1v) is 7.07. The van der Waals surface area contributed by atoms with Gasteiger partial charge in [0, 0.05) is 18.7 Å². The summed E-state index contributed by atoms with van der Waals surface area (Å²) >= 11 is 0. The summed E-state index contributed by atoms with van der Waals surface area (Å²) in [7, 11) is 0. The molecule has 0 radical (unpaired) electrons. The van der Waals surface area contributed by atoms with Gasteiger partial charge in [0.1, 0.15) is 0 Å². The fourth-order valence-corrected chi connectivity index (χ4v) is 2.28. The van der Waals surface area contributed by atoms with E-state index in [0.29, 0.717) is 13.0 Å². The molecule has 1 fully saturated rings. The Balaban J connectivity index is 1.88. The van der Waals surface area contributed by atoms with Gasteiger partial charge in [0.25, 0.3) is 5.91 Å². The quantitative estimate of drug-likeness (QED) is 0.872. The minimum absolute atomic E-state index is 0.0565. The molecule has 1 aromatic rings. The second-order valence-electron chi connectivity index (χ2n) is 5.48. The molecule has 0 saturated carbocycles. The van der Waals surface area contributed by atoms with E-state index < -0.39 is 23.6 Å². The van der Waals surface area contributed by atoms with Gasteiger partial charge in [0.05, 0.1) is 12.6 Å². The van der Waals surface area contributed by atoms with Crippen molar-refractivity contribution in [3.63, 3.8) is 0 Å². The molecule has 5 nitrogen and oxygen atoms in total. The van der Waals surface area contributed by atoms with E-state index in [1.54, 1.807) is 0 Å². The number of amides is 2. The number of aliphatic hydroxyl groups excluding tert-OH is 1. The zero-order chi connectivity index (χ0) is 16.3. The molecule has 2 rings (SSSR count). The average molecular weight is 312 g/mol. The van der Waals surface area contributed by atoms with Gasteiger partial charge < -0.3 is 15.3 Å². The van der Waals surface area contributed by atoms with Crippen LogP contribution in [-0.4, -0.2) is 47.6 Å². The van der Waals surface area contributed by atoms with Crippen molar-refractivity contribution in [3.05, 3.63) is 35.4 Å². The van der Waals surface area contributed by atoms with Gasteiger partial charge >= 0.3 is 0 Å². The van der Waals surface area contributed by atoms with Gasteiger partial charge in [-0.25, -0.2) is 8.78 Å². The maximum Gasteiger partial charge on any atom is 0.251 e. The SMILES string of the molecule is CC1CCN(C(=O)CNC(=O)c2ccc(F)c(F)c2)CC1O. The zero-order valence-electron chi connectivity index (χ0n) is 12.2. The molecule has 0 spiro atoms. The highest BCUT2D eigenvalue weighted by Crippen LogP contribution is 2.16. The normalized spacial score (nSPS) is 21.5. The van der Waals surface area contributed by atoms with Crippen molar-refractivity contribution in [1.82, 2.24) is 10.2 Å². The summed E-state index contributed by atoms with van der Waals surface area (Å²) in [6.45, 7) is 2.43. The third-order valence-corrected chi connectivity index (χ3v) is 3.85. The summed E-state index contributed by atoms with van der Waals surface area (Å²) < 4.78 is 25.8. The van der Waals surface area contributed by atoms with Gasteiger partial charge in [0.15, 0.2) is 11.6 Å². The summed E-state index contributed by atoms with van der Waals surface area (Å²) in [5.74, 6) is -2.99. The highest BCUT2D eigenvalue weighted by atomic mass is 19.2. The second-order valence-corrected chi connectivity index (χ2v) is 5.48. The summed E-state index contributed by atoms with van der Waals surface area (Å²) in [5, 5.41) is 12.1. The molecule has 2 unspecified atom stereocenters. The van der Waals surface area contributed by atoms with E-state index in [-0.39, 0.29) is 30.5 Å². The van der Waals surface area contributed by atoms with E-state index in [4.69, 9.17) is 0 Å². The largest absolute Gasteiger partial charge is 0.391 e. The van der Waals surface area contributed by atoms with E-state index in [1.807, 2.05) is 6.92 Å². The Labute approximate surface area is 126 Å². The number of carbonyl (C=O) groups is 2. The molecule has 7 heteroatoms.